The van der Waals surface area contributed by atoms with Crippen LogP contribution in [0, 0.1) is 11.6 Å². The first-order valence-corrected chi connectivity index (χ1v) is 10.1. The third kappa shape index (κ3) is 5.98. The van der Waals surface area contributed by atoms with Crippen molar-refractivity contribution in [2.75, 3.05) is 11.4 Å². The van der Waals surface area contributed by atoms with Crippen LogP contribution in [0.2, 0.25) is 0 Å². The fourth-order valence-corrected chi connectivity index (χ4v) is 3.20. The van der Waals surface area contributed by atoms with Crippen LogP contribution in [0.4, 0.5) is 14.5 Å². The highest BCUT2D eigenvalue weighted by atomic mass is 19.1. The summed E-state index contributed by atoms with van der Waals surface area (Å²) in [4.78, 5) is 26.8. The van der Waals surface area contributed by atoms with Gasteiger partial charge in [0.15, 0.2) is 0 Å². The van der Waals surface area contributed by atoms with E-state index in [4.69, 9.17) is 0 Å². The van der Waals surface area contributed by atoms with Gasteiger partial charge in [-0.3, -0.25) is 9.59 Å². The summed E-state index contributed by atoms with van der Waals surface area (Å²) in [6.07, 6.45) is 1.01. The molecule has 0 bridgehead atoms. The predicted molar refractivity (Wildman–Crippen MR) is 117 cm³/mol. The quantitative estimate of drug-likeness (QED) is 0.563. The van der Waals surface area contributed by atoms with Crippen LogP contribution in [0.15, 0.2) is 72.8 Å². The van der Waals surface area contributed by atoms with E-state index < -0.39 is 17.5 Å². The average molecular weight is 422 g/mol. The van der Waals surface area contributed by atoms with Gasteiger partial charge >= 0.3 is 0 Å². The lowest BCUT2D eigenvalue weighted by Gasteiger charge is -2.24. The zero-order chi connectivity index (χ0) is 22.2. The molecule has 0 spiro atoms. The summed E-state index contributed by atoms with van der Waals surface area (Å²) in [6.45, 7) is 2.77. The molecule has 3 aromatic rings. The van der Waals surface area contributed by atoms with Gasteiger partial charge < -0.3 is 10.2 Å². The summed E-state index contributed by atoms with van der Waals surface area (Å²) in [7, 11) is 0. The standard InChI is InChI=1S/C25H24F2N2O2/c1-2-13-28-24(30)15-19-9-6-10-21(14-19)29(17-18-7-4-3-5-8-18)25(31)22-12-11-20(26)16-23(22)27/h3-12,14,16H,2,13,15,17H2,1H3,(H,28,30). The highest BCUT2D eigenvalue weighted by Gasteiger charge is 2.22. The van der Waals surface area contributed by atoms with Crippen LogP contribution in [-0.4, -0.2) is 18.4 Å². The molecule has 160 valence electrons. The molecule has 0 radical (unpaired) electrons. The molecule has 0 aliphatic rings. The molecule has 1 N–H and O–H groups in total. The fraction of sp³-hybridized carbons (Fsp3) is 0.200. The minimum atomic E-state index is -0.918. The van der Waals surface area contributed by atoms with E-state index in [0.717, 1.165) is 29.7 Å². The topological polar surface area (TPSA) is 49.4 Å². The lowest BCUT2D eigenvalue weighted by molar-refractivity contribution is -0.120. The fourth-order valence-electron chi connectivity index (χ4n) is 3.20. The predicted octanol–water partition coefficient (Wildman–Crippen LogP) is 4.88. The van der Waals surface area contributed by atoms with Gasteiger partial charge in [0.25, 0.3) is 5.91 Å². The van der Waals surface area contributed by atoms with Crippen molar-refractivity contribution in [3.63, 3.8) is 0 Å². The molecule has 3 aromatic carbocycles. The number of halogens is 2. The molecule has 4 nitrogen and oxygen atoms in total. The zero-order valence-corrected chi connectivity index (χ0v) is 17.3. The molecule has 0 aliphatic carbocycles. The van der Waals surface area contributed by atoms with Crippen LogP contribution < -0.4 is 10.2 Å². The maximum atomic E-state index is 14.3. The van der Waals surface area contributed by atoms with Gasteiger partial charge in [-0.25, -0.2) is 8.78 Å². The number of nitrogens with zero attached hydrogens (tertiary/aromatic N) is 1. The number of hydrogen-bond donors (Lipinski definition) is 1. The molecule has 0 saturated carbocycles. The summed E-state index contributed by atoms with van der Waals surface area (Å²) >= 11 is 0. The second kappa shape index (κ2) is 10.5. The van der Waals surface area contributed by atoms with Crippen molar-refractivity contribution < 1.29 is 18.4 Å². The van der Waals surface area contributed by atoms with Gasteiger partial charge in [0, 0.05) is 18.3 Å². The van der Waals surface area contributed by atoms with E-state index in [1.807, 2.05) is 37.3 Å². The molecule has 2 amide bonds. The number of anilines is 1. The van der Waals surface area contributed by atoms with Crippen molar-refractivity contribution in [3.8, 4) is 0 Å². The number of hydrogen-bond acceptors (Lipinski definition) is 2. The van der Waals surface area contributed by atoms with E-state index in [9.17, 15) is 18.4 Å². The molecule has 0 aliphatic heterocycles. The maximum Gasteiger partial charge on any atom is 0.261 e. The Labute approximate surface area is 180 Å². The first-order valence-electron chi connectivity index (χ1n) is 10.1. The van der Waals surface area contributed by atoms with Gasteiger partial charge in [0.2, 0.25) is 5.91 Å². The molecule has 0 fully saturated rings. The van der Waals surface area contributed by atoms with Gasteiger partial charge in [0.05, 0.1) is 18.5 Å². The van der Waals surface area contributed by atoms with Gasteiger partial charge in [-0.2, -0.15) is 0 Å². The van der Waals surface area contributed by atoms with Crippen LogP contribution in [-0.2, 0) is 17.8 Å². The molecule has 0 unspecified atom stereocenters. The lowest BCUT2D eigenvalue weighted by Crippen LogP contribution is -2.31. The van der Waals surface area contributed by atoms with Crippen molar-refractivity contribution in [2.45, 2.75) is 26.3 Å². The number of carbonyl (C=O) groups is 2. The van der Waals surface area contributed by atoms with E-state index in [2.05, 4.69) is 5.32 Å². The Morgan fingerprint density at radius 3 is 2.35 bits per heavy atom. The van der Waals surface area contributed by atoms with Gasteiger partial charge in [0.1, 0.15) is 11.6 Å². The normalized spacial score (nSPS) is 10.5. The number of rotatable bonds is 8. The van der Waals surface area contributed by atoms with E-state index in [0.29, 0.717) is 18.3 Å². The Bertz CT molecular complexity index is 1050. The highest BCUT2D eigenvalue weighted by molar-refractivity contribution is 6.06. The largest absolute Gasteiger partial charge is 0.356 e. The van der Waals surface area contributed by atoms with Crippen LogP contribution in [0.1, 0.15) is 34.8 Å². The summed E-state index contributed by atoms with van der Waals surface area (Å²) < 4.78 is 27.7. The number of nitrogens with one attached hydrogen (secondary N) is 1. The monoisotopic (exact) mass is 422 g/mol. The summed E-state index contributed by atoms with van der Waals surface area (Å²) in [5, 5.41) is 2.83. The smallest absolute Gasteiger partial charge is 0.261 e. The van der Waals surface area contributed by atoms with Crippen molar-refractivity contribution in [1.29, 1.82) is 0 Å². The SMILES string of the molecule is CCCNC(=O)Cc1cccc(N(Cc2ccccc2)C(=O)c2ccc(F)cc2F)c1. The first kappa shape index (κ1) is 22.2. The average Bonchev–Trinajstić information content (AvgIpc) is 2.76. The first-order chi connectivity index (χ1) is 15.0. The van der Waals surface area contributed by atoms with E-state index in [1.54, 1.807) is 24.3 Å². The second-order valence-corrected chi connectivity index (χ2v) is 7.20. The molecule has 3 rings (SSSR count). The van der Waals surface area contributed by atoms with Gasteiger partial charge in [-0.05, 0) is 41.8 Å². The van der Waals surface area contributed by atoms with Crippen LogP contribution >= 0.6 is 0 Å². The summed E-state index contributed by atoms with van der Waals surface area (Å²) in [5.41, 5.74) is 1.89. The van der Waals surface area contributed by atoms with E-state index >= 15 is 0 Å². The minimum absolute atomic E-state index is 0.107. The van der Waals surface area contributed by atoms with Gasteiger partial charge in [-0.15, -0.1) is 0 Å². The second-order valence-electron chi connectivity index (χ2n) is 7.20. The Hall–Kier alpha value is -3.54. The van der Waals surface area contributed by atoms with Crippen molar-refractivity contribution in [1.82, 2.24) is 5.32 Å². The lowest BCUT2D eigenvalue weighted by atomic mass is 10.1. The molecule has 0 saturated heterocycles. The Kier molecular flexibility index (Phi) is 7.49. The van der Waals surface area contributed by atoms with Crippen molar-refractivity contribution in [3.05, 3.63) is 101 Å². The van der Waals surface area contributed by atoms with E-state index in [1.165, 1.54) is 4.90 Å². The molecule has 0 aromatic heterocycles. The molecular weight excluding hydrogens is 398 g/mol. The molecule has 0 atom stereocenters. The summed E-state index contributed by atoms with van der Waals surface area (Å²) in [6, 6.07) is 19.2. The number of benzene rings is 3. The Balaban J connectivity index is 1.93. The van der Waals surface area contributed by atoms with Crippen molar-refractivity contribution >= 4 is 17.5 Å². The summed E-state index contributed by atoms with van der Waals surface area (Å²) in [5.74, 6) is -2.36. The maximum absolute atomic E-state index is 14.3. The Morgan fingerprint density at radius 2 is 1.65 bits per heavy atom. The molecular formula is C25H24F2N2O2. The van der Waals surface area contributed by atoms with Gasteiger partial charge in [-0.1, -0.05) is 49.4 Å². The van der Waals surface area contributed by atoms with Crippen molar-refractivity contribution in [2.24, 2.45) is 0 Å². The third-order valence-corrected chi connectivity index (χ3v) is 4.75. The molecule has 0 heterocycles. The van der Waals surface area contributed by atoms with E-state index in [-0.39, 0.29) is 24.4 Å². The highest BCUT2D eigenvalue weighted by Crippen LogP contribution is 2.23. The Morgan fingerprint density at radius 1 is 0.903 bits per heavy atom. The molecule has 6 heteroatoms. The minimum Gasteiger partial charge on any atom is -0.356 e. The third-order valence-electron chi connectivity index (χ3n) is 4.75. The van der Waals surface area contributed by atoms with Crippen LogP contribution in [0.5, 0.6) is 0 Å². The van der Waals surface area contributed by atoms with Crippen LogP contribution in [0.3, 0.4) is 0 Å². The number of carbonyl (C=O) groups excluding carboxylic acids is 2. The number of amides is 2. The molecule has 31 heavy (non-hydrogen) atoms. The van der Waals surface area contributed by atoms with Crippen LogP contribution in [0.25, 0.3) is 0 Å². The zero-order valence-electron chi connectivity index (χ0n) is 17.3.